The fraction of sp³-hybridized carbons (Fsp3) is 0.125. The molecule has 0 saturated carbocycles. The van der Waals surface area contributed by atoms with Gasteiger partial charge < -0.3 is 0 Å². The van der Waals surface area contributed by atoms with Crippen LogP contribution in [0.25, 0.3) is 0 Å². The summed E-state index contributed by atoms with van der Waals surface area (Å²) < 4.78 is 0. The molecule has 0 aliphatic heterocycles. The molecule has 0 amide bonds. The summed E-state index contributed by atoms with van der Waals surface area (Å²) >= 11 is 0. The van der Waals surface area contributed by atoms with Crippen LogP contribution in [0.1, 0.15) is 11.1 Å². The summed E-state index contributed by atoms with van der Waals surface area (Å²) in [5, 5.41) is 0. The number of carbonyl (C=O) groups excluding carboxylic acids is 1. The quantitative estimate of drug-likeness (QED) is 0.511. The SMILES string of the molecule is Cc1cccc([C+]=O)c1. The Balaban J connectivity index is 3.07. The van der Waals surface area contributed by atoms with Crippen molar-refractivity contribution in [2.45, 2.75) is 6.92 Å². The van der Waals surface area contributed by atoms with Gasteiger partial charge in [-0.3, -0.25) is 0 Å². The van der Waals surface area contributed by atoms with Crippen molar-refractivity contribution in [1.82, 2.24) is 0 Å². The van der Waals surface area contributed by atoms with Crippen LogP contribution < -0.4 is 0 Å². The van der Waals surface area contributed by atoms with Gasteiger partial charge in [-0.05, 0) is 19.1 Å². The van der Waals surface area contributed by atoms with Crippen molar-refractivity contribution in [3.05, 3.63) is 35.4 Å². The maximum absolute atomic E-state index is 10.0. The fourth-order valence-electron chi connectivity index (χ4n) is 0.709. The summed E-state index contributed by atoms with van der Waals surface area (Å²) in [6.07, 6.45) is 1.82. The minimum absolute atomic E-state index is 0.620. The van der Waals surface area contributed by atoms with E-state index in [0.717, 1.165) is 5.56 Å². The van der Waals surface area contributed by atoms with Gasteiger partial charge >= 0.3 is 6.29 Å². The van der Waals surface area contributed by atoms with Crippen LogP contribution in [0.15, 0.2) is 24.3 Å². The van der Waals surface area contributed by atoms with Gasteiger partial charge in [-0.25, -0.2) is 0 Å². The van der Waals surface area contributed by atoms with E-state index in [1.54, 1.807) is 12.1 Å². The first-order valence-corrected chi connectivity index (χ1v) is 2.78. The molecule has 0 unspecified atom stereocenters. The molecule has 0 bridgehead atoms. The van der Waals surface area contributed by atoms with Crippen LogP contribution in [-0.2, 0) is 4.79 Å². The van der Waals surface area contributed by atoms with E-state index in [2.05, 4.69) is 0 Å². The van der Waals surface area contributed by atoms with Crippen LogP contribution in [0, 0.1) is 6.92 Å². The van der Waals surface area contributed by atoms with E-state index < -0.39 is 0 Å². The molecule has 0 fully saturated rings. The third kappa shape index (κ3) is 1.34. The van der Waals surface area contributed by atoms with Gasteiger partial charge in [0, 0.05) is 5.56 Å². The average Bonchev–Trinajstić information content (AvgIpc) is 1.88. The molecule has 0 N–H and O–H groups in total. The smallest absolute Gasteiger partial charge is 0.141 e. The van der Waals surface area contributed by atoms with E-state index in [4.69, 9.17) is 0 Å². The summed E-state index contributed by atoms with van der Waals surface area (Å²) in [5.41, 5.74) is 1.71. The van der Waals surface area contributed by atoms with Gasteiger partial charge in [0.25, 0.3) is 0 Å². The maximum atomic E-state index is 10.0. The number of aryl methyl sites for hydroxylation is 1. The highest BCUT2D eigenvalue weighted by atomic mass is 16.1. The lowest BCUT2D eigenvalue weighted by Gasteiger charge is -1.80. The van der Waals surface area contributed by atoms with Gasteiger partial charge in [0.1, 0.15) is 0 Å². The minimum atomic E-state index is 0.620. The van der Waals surface area contributed by atoms with Crippen molar-refractivity contribution in [2.75, 3.05) is 0 Å². The van der Waals surface area contributed by atoms with Crippen LogP contribution in [0.5, 0.6) is 0 Å². The van der Waals surface area contributed by atoms with Crippen molar-refractivity contribution >= 4 is 6.29 Å². The third-order valence-corrected chi connectivity index (χ3v) is 1.14. The van der Waals surface area contributed by atoms with Crippen molar-refractivity contribution in [2.24, 2.45) is 0 Å². The maximum Gasteiger partial charge on any atom is 0.303 e. The summed E-state index contributed by atoms with van der Waals surface area (Å²) in [7, 11) is 0. The molecule has 0 radical (unpaired) electrons. The van der Waals surface area contributed by atoms with Crippen LogP contribution >= 0.6 is 0 Å². The van der Waals surface area contributed by atoms with Crippen LogP contribution in [0.4, 0.5) is 0 Å². The van der Waals surface area contributed by atoms with E-state index in [-0.39, 0.29) is 0 Å². The molecule has 1 nitrogen and oxygen atoms in total. The van der Waals surface area contributed by atoms with E-state index in [9.17, 15) is 4.79 Å². The molecule has 44 valence electrons. The first kappa shape index (κ1) is 5.93. The number of rotatable bonds is 1. The van der Waals surface area contributed by atoms with Gasteiger partial charge in [-0.15, -0.1) is 4.79 Å². The van der Waals surface area contributed by atoms with Crippen molar-refractivity contribution in [1.29, 1.82) is 0 Å². The standard InChI is InChI=1S/C8H7O/c1-7-3-2-4-8(5-7)6-9/h2-5H,1H3/q+1. The molecular formula is C8H7O+. The molecule has 0 aliphatic carbocycles. The molecule has 0 atom stereocenters. The van der Waals surface area contributed by atoms with E-state index in [1.165, 1.54) is 0 Å². The topological polar surface area (TPSA) is 17.1 Å². The Kier molecular flexibility index (Phi) is 1.57. The Hall–Kier alpha value is -1.20. The second-order valence-electron chi connectivity index (χ2n) is 1.97. The molecule has 0 saturated heterocycles. The van der Waals surface area contributed by atoms with Crippen LogP contribution in [0.2, 0.25) is 0 Å². The largest absolute Gasteiger partial charge is 0.303 e. The zero-order valence-corrected chi connectivity index (χ0v) is 5.22. The molecule has 1 aromatic carbocycles. The molecule has 0 aliphatic rings. The first-order chi connectivity index (χ1) is 4.33. The third-order valence-electron chi connectivity index (χ3n) is 1.14. The highest BCUT2D eigenvalue weighted by molar-refractivity contribution is 5.75. The Labute approximate surface area is 54.3 Å². The first-order valence-electron chi connectivity index (χ1n) is 2.78. The fourth-order valence-corrected chi connectivity index (χ4v) is 0.709. The van der Waals surface area contributed by atoms with Gasteiger partial charge in [-0.1, -0.05) is 0 Å². The molecule has 0 heterocycles. The number of benzene rings is 1. The van der Waals surface area contributed by atoms with E-state index in [1.807, 2.05) is 25.3 Å². The average molecular weight is 119 g/mol. The lowest BCUT2D eigenvalue weighted by atomic mass is 10.2. The molecule has 1 aromatic rings. The summed E-state index contributed by atoms with van der Waals surface area (Å²) in [5.74, 6) is 0. The Bertz CT molecular complexity index is 216. The van der Waals surface area contributed by atoms with Crippen LogP contribution in [0.3, 0.4) is 0 Å². The molecule has 1 heteroatoms. The number of hydrogen-bond acceptors (Lipinski definition) is 1. The van der Waals surface area contributed by atoms with Gasteiger partial charge in [0.05, 0.1) is 12.1 Å². The molecule has 0 aromatic heterocycles. The van der Waals surface area contributed by atoms with Crippen molar-refractivity contribution in [3.8, 4) is 0 Å². The second kappa shape index (κ2) is 2.38. The predicted octanol–water partition coefficient (Wildman–Crippen LogP) is 1.45. The Morgan fingerprint density at radius 2 is 2.22 bits per heavy atom. The van der Waals surface area contributed by atoms with Crippen molar-refractivity contribution in [3.63, 3.8) is 0 Å². The molecule has 9 heavy (non-hydrogen) atoms. The molecular weight excluding hydrogens is 112 g/mol. The highest BCUT2D eigenvalue weighted by Crippen LogP contribution is 1.99. The normalized spacial score (nSPS) is 8.56. The van der Waals surface area contributed by atoms with Gasteiger partial charge in [0.2, 0.25) is 5.56 Å². The zero-order chi connectivity index (χ0) is 6.69. The number of hydrogen-bond donors (Lipinski definition) is 0. The summed E-state index contributed by atoms with van der Waals surface area (Å²) in [6, 6.07) is 7.32. The zero-order valence-electron chi connectivity index (χ0n) is 5.22. The summed E-state index contributed by atoms with van der Waals surface area (Å²) in [6.45, 7) is 1.95. The Morgan fingerprint density at radius 1 is 1.44 bits per heavy atom. The summed E-state index contributed by atoms with van der Waals surface area (Å²) in [4.78, 5) is 10.0. The lowest BCUT2D eigenvalue weighted by molar-refractivity contribution is 0.562. The monoisotopic (exact) mass is 119 g/mol. The van der Waals surface area contributed by atoms with Gasteiger partial charge in [0.15, 0.2) is 0 Å². The Morgan fingerprint density at radius 3 is 2.67 bits per heavy atom. The molecule has 0 spiro atoms. The minimum Gasteiger partial charge on any atom is -0.141 e. The lowest BCUT2D eigenvalue weighted by Crippen LogP contribution is -1.78. The predicted molar refractivity (Wildman–Crippen MR) is 36.0 cm³/mol. The molecule has 1 rings (SSSR count). The van der Waals surface area contributed by atoms with Crippen LogP contribution in [-0.4, -0.2) is 6.29 Å². The van der Waals surface area contributed by atoms with Gasteiger partial charge in [-0.2, -0.15) is 0 Å². The second-order valence-corrected chi connectivity index (χ2v) is 1.97. The van der Waals surface area contributed by atoms with E-state index >= 15 is 0 Å². The van der Waals surface area contributed by atoms with E-state index in [0.29, 0.717) is 5.56 Å². The van der Waals surface area contributed by atoms with Crippen molar-refractivity contribution < 1.29 is 4.79 Å². The highest BCUT2D eigenvalue weighted by Gasteiger charge is 1.98.